The fourth-order valence-electron chi connectivity index (χ4n) is 1.65. The van der Waals surface area contributed by atoms with Gasteiger partial charge >= 0.3 is 0 Å². The minimum absolute atomic E-state index is 0.180. The molecule has 0 aliphatic rings. The molecule has 0 aliphatic carbocycles. The lowest BCUT2D eigenvalue weighted by Gasteiger charge is -2.08. The smallest absolute Gasteiger partial charge is 0.265 e. The lowest BCUT2D eigenvalue weighted by atomic mass is 10.2. The molecule has 2 N–H and O–H groups in total. The number of nitrogens with zero attached hydrogens (tertiary/aromatic N) is 1. The molecule has 94 valence electrons. The molecule has 0 amide bonds. The van der Waals surface area contributed by atoms with Crippen LogP contribution in [0.1, 0.15) is 5.56 Å². The van der Waals surface area contributed by atoms with E-state index in [1.807, 2.05) is 0 Å². The van der Waals surface area contributed by atoms with Crippen molar-refractivity contribution < 1.29 is 4.39 Å². The zero-order valence-electron chi connectivity index (χ0n) is 9.16. The van der Waals surface area contributed by atoms with Gasteiger partial charge in [-0.3, -0.25) is 4.79 Å². The summed E-state index contributed by atoms with van der Waals surface area (Å²) in [6, 6.07) is 5.91. The number of halogens is 3. The molecule has 18 heavy (non-hydrogen) atoms. The van der Waals surface area contributed by atoms with E-state index < -0.39 is 5.82 Å². The highest BCUT2D eigenvalue weighted by Gasteiger charge is 2.05. The number of rotatable bonds is 2. The lowest BCUT2D eigenvalue weighted by Crippen LogP contribution is -2.20. The van der Waals surface area contributed by atoms with Gasteiger partial charge in [-0.05, 0) is 61.7 Å². The van der Waals surface area contributed by atoms with Gasteiger partial charge in [-0.1, -0.05) is 0 Å². The Labute approximate surface area is 120 Å². The van der Waals surface area contributed by atoms with Gasteiger partial charge in [0.05, 0.1) is 11.0 Å². The summed E-state index contributed by atoms with van der Waals surface area (Å²) in [6.45, 7) is 0.263. The van der Waals surface area contributed by atoms with Gasteiger partial charge in [0.1, 0.15) is 5.82 Å². The lowest BCUT2D eigenvalue weighted by molar-refractivity contribution is 0.623. The monoisotopic (exact) mass is 374 g/mol. The maximum atomic E-state index is 13.2. The standard InChI is InChI=1S/C12H9Br2FN2O/c13-8-3-11(14)12(18)17(6-8)5-7-1-9(15)4-10(16)2-7/h1-4,6H,5,16H2. The second-order valence-corrected chi connectivity index (χ2v) is 5.60. The van der Waals surface area contributed by atoms with E-state index in [1.54, 1.807) is 18.3 Å². The number of nitrogen functional groups attached to an aromatic ring is 1. The number of hydrogen-bond acceptors (Lipinski definition) is 2. The third kappa shape index (κ3) is 3.00. The van der Waals surface area contributed by atoms with E-state index in [-0.39, 0.29) is 12.1 Å². The summed E-state index contributed by atoms with van der Waals surface area (Å²) in [5.74, 6) is -0.410. The second kappa shape index (κ2) is 5.24. The predicted molar refractivity (Wildman–Crippen MR) is 76.0 cm³/mol. The summed E-state index contributed by atoms with van der Waals surface area (Å²) < 4.78 is 15.9. The maximum Gasteiger partial charge on any atom is 0.265 e. The molecule has 2 rings (SSSR count). The number of benzene rings is 1. The Morgan fingerprint density at radius 3 is 2.61 bits per heavy atom. The maximum absolute atomic E-state index is 13.2. The minimum Gasteiger partial charge on any atom is -0.399 e. The summed E-state index contributed by atoms with van der Waals surface area (Å²) in [4.78, 5) is 11.9. The van der Waals surface area contributed by atoms with E-state index in [1.165, 1.54) is 16.7 Å². The van der Waals surface area contributed by atoms with E-state index in [0.29, 0.717) is 15.7 Å². The number of hydrogen-bond donors (Lipinski definition) is 1. The van der Waals surface area contributed by atoms with Crippen LogP contribution in [0.5, 0.6) is 0 Å². The van der Waals surface area contributed by atoms with E-state index in [2.05, 4.69) is 31.9 Å². The van der Waals surface area contributed by atoms with E-state index >= 15 is 0 Å². The summed E-state index contributed by atoms with van der Waals surface area (Å²) in [7, 11) is 0. The SMILES string of the molecule is Nc1cc(F)cc(Cn2cc(Br)cc(Br)c2=O)c1. The fraction of sp³-hybridized carbons (Fsp3) is 0.0833. The summed E-state index contributed by atoms with van der Waals surface area (Å²) in [6.07, 6.45) is 1.65. The first kappa shape index (κ1) is 13.3. The Kier molecular flexibility index (Phi) is 3.87. The molecular weight excluding hydrogens is 367 g/mol. The van der Waals surface area contributed by atoms with Crippen LogP contribution in [0.4, 0.5) is 10.1 Å². The number of nitrogens with two attached hydrogens (primary N) is 1. The van der Waals surface area contributed by atoms with Gasteiger partial charge in [0.25, 0.3) is 5.56 Å². The van der Waals surface area contributed by atoms with Crippen LogP contribution in [0, 0.1) is 5.82 Å². The number of pyridine rings is 1. The van der Waals surface area contributed by atoms with Crippen molar-refractivity contribution in [3.63, 3.8) is 0 Å². The van der Waals surface area contributed by atoms with Crippen molar-refractivity contribution in [2.75, 3.05) is 5.73 Å². The summed E-state index contributed by atoms with van der Waals surface area (Å²) in [5.41, 5.74) is 6.36. The summed E-state index contributed by atoms with van der Waals surface area (Å²) >= 11 is 6.48. The molecule has 0 saturated carbocycles. The van der Waals surface area contributed by atoms with Gasteiger partial charge in [0.2, 0.25) is 0 Å². The van der Waals surface area contributed by atoms with Crippen LogP contribution >= 0.6 is 31.9 Å². The van der Waals surface area contributed by atoms with Gasteiger partial charge in [-0.15, -0.1) is 0 Å². The number of anilines is 1. The first-order valence-electron chi connectivity index (χ1n) is 5.06. The zero-order chi connectivity index (χ0) is 13.3. The van der Waals surface area contributed by atoms with Gasteiger partial charge in [-0.2, -0.15) is 0 Å². The Balaban J connectivity index is 2.43. The highest BCUT2D eigenvalue weighted by molar-refractivity contribution is 9.11. The molecule has 1 aromatic carbocycles. The van der Waals surface area contributed by atoms with Crippen LogP contribution in [0.3, 0.4) is 0 Å². The molecule has 0 bridgehead atoms. The van der Waals surface area contributed by atoms with E-state index in [4.69, 9.17) is 5.73 Å². The quantitative estimate of drug-likeness (QED) is 0.819. The minimum atomic E-state index is -0.410. The van der Waals surface area contributed by atoms with Crippen molar-refractivity contribution in [1.82, 2.24) is 4.57 Å². The first-order valence-corrected chi connectivity index (χ1v) is 6.65. The Hall–Kier alpha value is -1.14. The Morgan fingerprint density at radius 2 is 1.94 bits per heavy atom. The van der Waals surface area contributed by atoms with Crippen LogP contribution in [0.2, 0.25) is 0 Å². The molecule has 0 unspecified atom stereocenters. The molecule has 1 aromatic heterocycles. The molecular formula is C12H9Br2FN2O. The van der Waals surface area contributed by atoms with E-state index in [0.717, 1.165) is 4.47 Å². The van der Waals surface area contributed by atoms with Gasteiger partial charge < -0.3 is 10.3 Å². The molecule has 0 fully saturated rings. The van der Waals surface area contributed by atoms with Crippen LogP contribution in [-0.2, 0) is 6.54 Å². The van der Waals surface area contributed by atoms with E-state index in [9.17, 15) is 9.18 Å². The molecule has 2 aromatic rings. The fourth-order valence-corrected chi connectivity index (χ4v) is 2.90. The second-order valence-electron chi connectivity index (χ2n) is 3.83. The van der Waals surface area contributed by atoms with Gasteiger partial charge in [-0.25, -0.2) is 4.39 Å². The van der Waals surface area contributed by atoms with Crippen molar-refractivity contribution in [2.45, 2.75) is 6.54 Å². The molecule has 3 nitrogen and oxygen atoms in total. The summed E-state index contributed by atoms with van der Waals surface area (Å²) in [5, 5.41) is 0. The van der Waals surface area contributed by atoms with Crippen molar-refractivity contribution in [3.05, 3.63) is 61.1 Å². The molecule has 1 heterocycles. The molecule has 6 heteroatoms. The van der Waals surface area contributed by atoms with Crippen molar-refractivity contribution in [1.29, 1.82) is 0 Å². The molecule has 0 spiro atoms. The molecule has 0 aliphatic heterocycles. The van der Waals surface area contributed by atoms with Gasteiger partial charge in [0, 0.05) is 16.4 Å². The van der Waals surface area contributed by atoms with Crippen LogP contribution < -0.4 is 11.3 Å². The Morgan fingerprint density at radius 1 is 1.22 bits per heavy atom. The first-order chi connectivity index (χ1) is 8.45. The predicted octanol–water partition coefficient (Wildman–Crippen LogP) is 3.14. The highest BCUT2D eigenvalue weighted by atomic mass is 79.9. The van der Waals surface area contributed by atoms with Gasteiger partial charge in [0.15, 0.2) is 0 Å². The third-order valence-electron chi connectivity index (χ3n) is 2.34. The molecule has 0 atom stereocenters. The van der Waals surface area contributed by atoms with Crippen LogP contribution in [0.25, 0.3) is 0 Å². The normalized spacial score (nSPS) is 10.6. The average molecular weight is 376 g/mol. The Bertz CT molecular complexity index is 635. The topological polar surface area (TPSA) is 48.0 Å². The highest BCUT2D eigenvalue weighted by Crippen LogP contribution is 2.15. The molecule has 0 saturated heterocycles. The number of aromatic nitrogens is 1. The van der Waals surface area contributed by atoms with Crippen molar-refractivity contribution >= 4 is 37.5 Å². The third-order valence-corrected chi connectivity index (χ3v) is 3.34. The van der Waals surface area contributed by atoms with Crippen molar-refractivity contribution in [3.8, 4) is 0 Å². The molecule has 0 radical (unpaired) electrons. The van der Waals surface area contributed by atoms with Crippen LogP contribution in [-0.4, -0.2) is 4.57 Å². The van der Waals surface area contributed by atoms with Crippen molar-refractivity contribution in [2.24, 2.45) is 0 Å². The van der Waals surface area contributed by atoms with Crippen LogP contribution in [0.15, 0.2) is 44.2 Å². The zero-order valence-corrected chi connectivity index (χ0v) is 12.3. The average Bonchev–Trinajstić information content (AvgIpc) is 2.23. The largest absolute Gasteiger partial charge is 0.399 e.